The number of carbonyl (C=O) groups is 3. The van der Waals surface area contributed by atoms with Gasteiger partial charge in [-0.25, -0.2) is 4.79 Å². The maximum absolute atomic E-state index is 12.4. The van der Waals surface area contributed by atoms with Gasteiger partial charge in [0, 0.05) is 30.0 Å². The van der Waals surface area contributed by atoms with Crippen molar-refractivity contribution in [3.05, 3.63) is 59.2 Å². The molecule has 0 spiro atoms. The molecule has 0 heterocycles. The van der Waals surface area contributed by atoms with E-state index in [-0.39, 0.29) is 11.5 Å². The van der Waals surface area contributed by atoms with Crippen molar-refractivity contribution in [2.24, 2.45) is 0 Å². The van der Waals surface area contributed by atoms with Crippen LogP contribution in [0.3, 0.4) is 0 Å². The van der Waals surface area contributed by atoms with Gasteiger partial charge in [0.2, 0.25) is 0 Å². The van der Waals surface area contributed by atoms with E-state index in [1.54, 1.807) is 54.3 Å². The van der Waals surface area contributed by atoms with Gasteiger partial charge in [-0.3, -0.25) is 9.59 Å². The Kier molecular flexibility index (Phi) is 7.14. The number of aryl methyl sites for hydroxylation is 1. The molecule has 0 aliphatic heterocycles. The van der Waals surface area contributed by atoms with E-state index in [1.807, 2.05) is 13.8 Å². The molecular formula is C21H25N3O4. The molecule has 0 aromatic heterocycles. The highest BCUT2D eigenvalue weighted by Crippen LogP contribution is 2.17. The van der Waals surface area contributed by atoms with Gasteiger partial charge in [0.05, 0.1) is 5.56 Å². The lowest BCUT2D eigenvalue weighted by atomic mass is 10.1. The van der Waals surface area contributed by atoms with Crippen molar-refractivity contribution in [1.29, 1.82) is 0 Å². The van der Waals surface area contributed by atoms with Gasteiger partial charge in [-0.2, -0.15) is 0 Å². The molecule has 3 N–H and O–H groups in total. The first-order chi connectivity index (χ1) is 13.4. The van der Waals surface area contributed by atoms with Gasteiger partial charge in [0.1, 0.15) is 0 Å². The highest BCUT2D eigenvalue weighted by atomic mass is 16.5. The average molecular weight is 383 g/mol. The summed E-state index contributed by atoms with van der Waals surface area (Å²) in [5.74, 6) is -1.28. The number of nitrogens with two attached hydrogens (primary N) is 1. The molecule has 7 nitrogen and oxygen atoms in total. The molecule has 2 rings (SSSR count). The minimum atomic E-state index is -0.665. The van der Waals surface area contributed by atoms with Gasteiger partial charge >= 0.3 is 5.97 Å². The molecular weight excluding hydrogens is 358 g/mol. The normalized spacial score (nSPS) is 10.2. The van der Waals surface area contributed by atoms with Crippen LogP contribution in [-0.2, 0) is 9.53 Å². The van der Waals surface area contributed by atoms with E-state index in [0.29, 0.717) is 30.0 Å². The van der Waals surface area contributed by atoms with Gasteiger partial charge in [-0.1, -0.05) is 18.2 Å². The van der Waals surface area contributed by atoms with Crippen molar-refractivity contribution in [3.8, 4) is 0 Å². The van der Waals surface area contributed by atoms with Crippen molar-refractivity contribution in [1.82, 2.24) is 4.90 Å². The molecule has 0 saturated heterocycles. The van der Waals surface area contributed by atoms with Crippen molar-refractivity contribution in [3.63, 3.8) is 0 Å². The van der Waals surface area contributed by atoms with Crippen LogP contribution in [0.15, 0.2) is 42.5 Å². The highest BCUT2D eigenvalue weighted by molar-refractivity contribution is 5.99. The number of benzene rings is 2. The number of nitrogens with one attached hydrogen (secondary N) is 1. The molecule has 0 fully saturated rings. The van der Waals surface area contributed by atoms with Crippen molar-refractivity contribution < 1.29 is 19.1 Å². The second-order valence-corrected chi connectivity index (χ2v) is 6.22. The summed E-state index contributed by atoms with van der Waals surface area (Å²) < 4.78 is 5.04. The van der Waals surface area contributed by atoms with Crippen LogP contribution in [0.4, 0.5) is 11.4 Å². The van der Waals surface area contributed by atoms with Gasteiger partial charge < -0.3 is 20.7 Å². The molecule has 0 unspecified atom stereocenters. The first kappa shape index (κ1) is 21.0. The predicted molar refractivity (Wildman–Crippen MR) is 108 cm³/mol. The lowest BCUT2D eigenvalue weighted by Gasteiger charge is -2.19. The molecule has 7 heteroatoms. The largest absolute Gasteiger partial charge is 0.452 e. The topological polar surface area (TPSA) is 102 Å². The van der Waals surface area contributed by atoms with Crippen molar-refractivity contribution >= 4 is 29.2 Å². The van der Waals surface area contributed by atoms with Crippen LogP contribution >= 0.6 is 0 Å². The zero-order valence-electron chi connectivity index (χ0n) is 16.3. The Morgan fingerprint density at radius 1 is 1.07 bits per heavy atom. The van der Waals surface area contributed by atoms with Crippen molar-refractivity contribution in [2.45, 2.75) is 20.8 Å². The number of hydrogen-bond donors (Lipinski definition) is 2. The number of hydrogen-bond acceptors (Lipinski definition) is 5. The fourth-order valence-electron chi connectivity index (χ4n) is 2.69. The van der Waals surface area contributed by atoms with Crippen LogP contribution in [-0.4, -0.2) is 42.4 Å². The zero-order valence-corrected chi connectivity index (χ0v) is 16.3. The Hall–Kier alpha value is -3.35. The molecule has 0 atom stereocenters. The molecule has 0 aliphatic carbocycles. The second-order valence-electron chi connectivity index (χ2n) is 6.22. The monoisotopic (exact) mass is 383 g/mol. The Morgan fingerprint density at radius 3 is 2.43 bits per heavy atom. The number of nitrogen functional groups attached to an aromatic ring is 1. The third-order valence-electron chi connectivity index (χ3n) is 4.32. The predicted octanol–water partition coefficient (Wildman–Crippen LogP) is 2.85. The van der Waals surface area contributed by atoms with Crippen LogP contribution in [0, 0.1) is 6.92 Å². The molecule has 0 radical (unpaired) electrons. The number of anilines is 2. The number of nitrogens with zero attached hydrogens (tertiary/aromatic N) is 1. The average Bonchev–Trinajstić information content (AvgIpc) is 2.69. The van der Waals surface area contributed by atoms with Crippen molar-refractivity contribution in [2.75, 3.05) is 30.7 Å². The maximum atomic E-state index is 12.4. The summed E-state index contributed by atoms with van der Waals surface area (Å²) in [6.07, 6.45) is 0. The molecule has 0 saturated carbocycles. The summed E-state index contributed by atoms with van der Waals surface area (Å²) in [5, 5.41) is 2.63. The zero-order chi connectivity index (χ0) is 20.7. The first-order valence-electron chi connectivity index (χ1n) is 9.08. The van der Waals surface area contributed by atoms with Crippen LogP contribution in [0.5, 0.6) is 0 Å². The lowest BCUT2D eigenvalue weighted by molar-refractivity contribution is -0.119. The number of rotatable bonds is 7. The standard InChI is InChI=1S/C21H25N3O4/c1-4-24(5-2)20(26)15-9-7-10-16(12-15)23-18(25)13-28-21(27)17-11-6-8-14(3)19(17)22/h6-12H,4-5,13,22H2,1-3H3,(H,23,25). The quantitative estimate of drug-likeness (QED) is 0.565. The fourth-order valence-corrected chi connectivity index (χ4v) is 2.69. The third kappa shape index (κ3) is 5.09. The molecule has 0 aliphatic rings. The van der Waals surface area contributed by atoms with Gasteiger partial charge in [-0.05, 0) is 50.6 Å². The third-order valence-corrected chi connectivity index (χ3v) is 4.32. The van der Waals surface area contributed by atoms with E-state index in [0.717, 1.165) is 5.56 Å². The molecule has 2 aromatic carbocycles. The number of ether oxygens (including phenoxy) is 1. The minimum Gasteiger partial charge on any atom is -0.452 e. The van der Waals surface area contributed by atoms with E-state index < -0.39 is 18.5 Å². The Bertz CT molecular complexity index is 876. The van der Waals surface area contributed by atoms with E-state index in [2.05, 4.69) is 5.32 Å². The molecule has 148 valence electrons. The number of para-hydroxylation sites is 1. The van der Waals surface area contributed by atoms with Gasteiger partial charge in [0.25, 0.3) is 11.8 Å². The van der Waals surface area contributed by atoms with Gasteiger partial charge in [0.15, 0.2) is 6.61 Å². The van der Waals surface area contributed by atoms with E-state index in [9.17, 15) is 14.4 Å². The minimum absolute atomic E-state index is 0.109. The summed E-state index contributed by atoms with van der Waals surface area (Å²) in [7, 11) is 0. The number of carbonyl (C=O) groups excluding carboxylic acids is 3. The molecule has 0 bridgehead atoms. The van der Waals surface area contributed by atoms with Crippen LogP contribution in [0.1, 0.15) is 40.1 Å². The molecule has 28 heavy (non-hydrogen) atoms. The summed E-state index contributed by atoms with van der Waals surface area (Å²) >= 11 is 0. The molecule has 2 amide bonds. The first-order valence-corrected chi connectivity index (χ1v) is 9.08. The SMILES string of the molecule is CCN(CC)C(=O)c1cccc(NC(=O)COC(=O)c2cccc(C)c2N)c1. The number of esters is 1. The second kappa shape index (κ2) is 9.55. The van der Waals surface area contributed by atoms with Gasteiger partial charge in [-0.15, -0.1) is 0 Å². The van der Waals surface area contributed by atoms with Crippen LogP contribution < -0.4 is 11.1 Å². The summed E-state index contributed by atoms with van der Waals surface area (Å²) in [5.41, 5.74) is 8.11. The maximum Gasteiger partial charge on any atom is 0.340 e. The highest BCUT2D eigenvalue weighted by Gasteiger charge is 2.16. The lowest BCUT2D eigenvalue weighted by Crippen LogP contribution is -2.30. The van der Waals surface area contributed by atoms with E-state index >= 15 is 0 Å². The van der Waals surface area contributed by atoms with Crippen LogP contribution in [0.2, 0.25) is 0 Å². The van der Waals surface area contributed by atoms with Crippen LogP contribution in [0.25, 0.3) is 0 Å². The summed E-state index contributed by atoms with van der Waals surface area (Å²) in [6, 6.07) is 11.7. The Balaban J connectivity index is 1.98. The van der Waals surface area contributed by atoms with E-state index in [1.165, 1.54) is 0 Å². The Morgan fingerprint density at radius 2 is 1.75 bits per heavy atom. The number of amides is 2. The summed E-state index contributed by atoms with van der Waals surface area (Å²) in [6.45, 7) is 6.34. The molecule has 2 aromatic rings. The Labute approximate surface area is 164 Å². The fraction of sp³-hybridized carbons (Fsp3) is 0.286. The van der Waals surface area contributed by atoms with E-state index in [4.69, 9.17) is 10.5 Å². The smallest absolute Gasteiger partial charge is 0.340 e. The summed E-state index contributed by atoms with van der Waals surface area (Å²) in [4.78, 5) is 38.3.